The molecule has 0 amide bonds. The summed E-state index contributed by atoms with van der Waals surface area (Å²) in [5, 5.41) is 4.48. The number of hydrogen-bond acceptors (Lipinski definition) is 1. The van der Waals surface area contributed by atoms with Crippen LogP contribution >= 0.6 is 0 Å². The van der Waals surface area contributed by atoms with Crippen LogP contribution in [0.25, 0.3) is 0 Å². The first kappa shape index (κ1) is 8.79. The molecule has 1 aromatic heterocycles. The topological polar surface area (TPSA) is 17.8 Å². The van der Waals surface area contributed by atoms with Gasteiger partial charge in [0.05, 0.1) is 12.2 Å². The van der Waals surface area contributed by atoms with Gasteiger partial charge in [-0.2, -0.15) is 5.10 Å². The minimum absolute atomic E-state index is 0.605. The maximum Gasteiger partial charge on any atom is 0.0527 e. The Morgan fingerprint density at radius 1 is 1.46 bits per heavy atom. The van der Waals surface area contributed by atoms with Gasteiger partial charge in [0.1, 0.15) is 0 Å². The van der Waals surface area contributed by atoms with E-state index in [9.17, 15) is 0 Å². The minimum Gasteiger partial charge on any atom is -0.267 e. The number of hydrogen-bond donors (Lipinski definition) is 0. The van der Waals surface area contributed by atoms with Crippen LogP contribution in [0.3, 0.4) is 0 Å². The van der Waals surface area contributed by atoms with Crippen molar-refractivity contribution in [2.75, 3.05) is 0 Å². The van der Waals surface area contributed by atoms with Crippen LogP contribution in [0.5, 0.6) is 0 Å². The van der Waals surface area contributed by atoms with Crippen molar-refractivity contribution < 1.29 is 0 Å². The van der Waals surface area contributed by atoms with Crippen molar-refractivity contribution in [3.63, 3.8) is 0 Å². The van der Waals surface area contributed by atoms with E-state index in [2.05, 4.69) is 30.6 Å². The lowest BCUT2D eigenvalue weighted by Gasteiger charge is -2.27. The molecule has 13 heavy (non-hydrogen) atoms. The van der Waals surface area contributed by atoms with E-state index >= 15 is 0 Å². The van der Waals surface area contributed by atoms with Crippen LogP contribution in [0.1, 0.15) is 56.3 Å². The fourth-order valence-electron chi connectivity index (χ4n) is 2.00. The molecule has 1 saturated carbocycles. The highest BCUT2D eigenvalue weighted by Crippen LogP contribution is 2.33. The second-order valence-electron chi connectivity index (χ2n) is 4.37. The second kappa shape index (κ2) is 3.17. The molecule has 2 rings (SSSR count). The van der Waals surface area contributed by atoms with Gasteiger partial charge in [0, 0.05) is 5.69 Å². The van der Waals surface area contributed by atoms with E-state index in [0.717, 1.165) is 0 Å². The molecule has 0 spiro atoms. The Balaban J connectivity index is 2.27. The fraction of sp³-hybridized carbons (Fsp3) is 0.727. The molecule has 72 valence electrons. The van der Waals surface area contributed by atoms with Gasteiger partial charge >= 0.3 is 0 Å². The third kappa shape index (κ3) is 1.38. The van der Waals surface area contributed by atoms with Gasteiger partial charge in [-0.25, -0.2) is 0 Å². The molecule has 0 atom stereocenters. The molecule has 0 N–H and O–H groups in total. The lowest BCUT2D eigenvalue weighted by molar-refractivity contribution is 0.284. The summed E-state index contributed by atoms with van der Waals surface area (Å²) in [6.45, 7) is 6.66. The molecule has 0 radical (unpaired) electrons. The van der Waals surface area contributed by atoms with E-state index in [-0.39, 0.29) is 0 Å². The monoisotopic (exact) mass is 178 g/mol. The molecule has 1 heterocycles. The highest BCUT2D eigenvalue weighted by Gasteiger charge is 2.22. The van der Waals surface area contributed by atoms with Crippen molar-refractivity contribution in [1.82, 2.24) is 9.78 Å². The normalized spacial score (nSPS) is 17.8. The zero-order valence-corrected chi connectivity index (χ0v) is 8.75. The van der Waals surface area contributed by atoms with Gasteiger partial charge in [-0.05, 0) is 37.7 Å². The molecule has 0 bridgehead atoms. The average molecular weight is 178 g/mol. The van der Waals surface area contributed by atoms with E-state index in [1.807, 2.05) is 6.20 Å². The number of aromatic nitrogens is 2. The predicted molar refractivity (Wildman–Crippen MR) is 53.9 cm³/mol. The average Bonchev–Trinajstić information content (AvgIpc) is 2.29. The Kier molecular flexibility index (Phi) is 2.14. The van der Waals surface area contributed by atoms with E-state index in [1.54, 1.807) is 0 Å². The first-order valence-corrected chi connectivity index (χ1v) is 5.24. The smallest absolute Gasteiger partial charge is 0.0527 e. The highest BCUT2D eigenvalue weighted by molar-refractivity contribution is 5.20. The first-order valence-electron chi connectivity index (χ1n) is 5.24. The van der Waals surface area contributed by atoms with Crippen LogP contribution in [0.4, 0.5) is 0 Å². The Labute approximate surface area is 80.0 Å². The highest BCUT2D eigenvalue weighted by atomic mass is 15.3. The molecule has 0 aliphatic heterocycles. The molecule has 1 aliphatic carbocycles. The van der Waals surface area contributed by atoms with Crippen molar-refractivity contribution in [2.24, 2.45) is 0 Å². The predicted octanol–water partition coefficient (Wildman–Crippen LogP) is 3.04. The summed E-state index contributed by atoms with van der Waals surface area (Å²) in [6, 6.07) is 0.701. The van der Waals surface area contributed by atoms with E-state index in [1.165, 1.54) is 30.5 Å². The third-order valence-corrected chi connectivity index (χ3v) is 3.13. The van der Waals surface area contributed by atoms with Gasteiger partial charge in [0.25, 0.3) is 0 Å². The Morgan fingerprint density at radius 2 is 2.15 bits per heavy atom. The van der Waals surface area contributed by atoms with Gasteiger partial charge in [0.15, 0.2) is 0 Å². The van der Waals surface area contributed by atoms with E-state index in [0.29, 0.717) is 12.0 Å². The second-order valence-corrected chi connectivity index (χ2v) is 4.37. The lowest BCUT2D eigenvalue weighted by atomic mass is 9.93. The third-order valence-electron chi connectivity index (χ3n) is 3.13. The Hall–Kier alpha value is -0.790. The summed E-state index contributed by atoms with van der Waals surface area (Å²) in [5.74, 6) is 0.605. The van der Waals surface area contributed by atoms with Crippen LogP contribution < -0.4 is 0 Å². The molecule has 0 aromatic carbocycles. The van der Waals surface area contributed by atoms with E-state index < -0.39 is 0 Å². The van der Waals surface area contributed by atoms with Gasteiger partial charge in [-0.1, -0.05) is 13.8 Å². The fourth-order valence-corrected chi connectivity index (χ4v) is 2.00. The minimum atomic E-state index is 0.605. The molecule has 2 nitrogen and oxygen atoms in total. The summed E-state index contributed by atoms with van der Waals surface area (Å²) >= 11 is 0. The number of rotatable bonds is 2. The standard InChI is InChI=1S/C11H18N2/c1-8(2)11-7-12-13(9(11)3)10-5-4-6-10/h7-8,10H,4-6H2,1-3H3. The quantitative estimate of drug-likeness (QED) is 0.680. The van der Waals surface area contributed by atoms with E-state index in [4.69, 9.17) is 0 Å². The van der Waals surface area contributed by atoms with Crippen molar-refractivity contribution >= 4 is 0 Å². The molecule has 0 unspecified atom stereocenters. The van der Waals surface area contributed by atoms with Crippen LogP contribution in [-0.4, -0.2) is 9.78 Å². The summed E-state index contributed by atoms with van der Waals surface area (Å²) < 4.78 is 2.22. The summed E-state index contributed by atoms with van der Waals surface area (Å²) in [6.07, 6.45) is 6.05. The zero-order valence-electron chi connectivity index (χ0n) is 8.75. The molecule has 1 fully saturated rings. The molecule has 1 aromatic rings. The van der Waals surface area contributed by atoms with Crippen molar-refractivity contribution in [3.05, 3.63) is 17.5 Å². The van der Waals surface area contributed by atoms with Gasteiger partial charge in [-0.15, -0.1) is 0 Å². The number of nitrogens with zero attached hydrogens (tertiary/aromatic N) is 2. The maximum absolute atomic E-state index is 4.48. The van der Waals surface area contributed by atoms with Crippen LogP contribution in [0, 0.1) is 6.92 Å². The summed E-state index contributed by atoms with van der Waals surface area (Å²) in [7, 11) is 0. The van der Waals surface area contributed by atoms with Crippen molar-refractivity contribution in [1.29, 1.82) is 0 Å². The van der Waals surface area contributed by atoms with Crippen molar-refractivity contribution in [3.8, 4) is 0 Å². The largest absolute Gasteiger partial charge is 0.267 e. The SMILES string of the molecule is Cc1c(C(C)C)cnn1C1CCC1. The first-order chi connectivity index (χ1) is 6.20. The lowest BCUT2D eigenvalue weighted by Crippen LogP contribution is -2.19. The molecule has 0 saturated heterocycles. The zero-order chi connectivity index (χ0) is 9.42. The molecular formula is C11H18N2. The van der Waals surface area contributed by atoms with Gasteiger partial charge in [-0.3, -0.25) is 4.68 Å². The summed E-state index contributed by atoms with van der Waals surface area (Å²) in [4.78, 5) is 0. The van der Waals surface area contributed by atoms with Crippen molar-refractivity contribution in [2.45, 2.75) is 52.0 Å². The van der Waals surface area contributed by atoms with Gasteiger partial charge in [0.2, 0.25) is 0 Å². The van der Waals surface area contributed by atoms with Crippen LogP contribution in [0.15, 0.2) is 6.20 Å². The maximum atomic E-state index is 4.48. The summed E-state index contributed by atoms with van der Waals surface area (Å²) in [5.41, 5.74) is 2.78. The molecular weight excluding hydrogens is 160 g/mol. The molecule has 2 heteroatoms. The Morgan fingerprint density at radius 3 is 2.54 bits per heavy atom. The molecule has 1 aliphatic rings. The van der Waals surface area contributed by atoms with Crippen LogP contribution in [-0.2, 0) is 0 Å². The van der Waals surface area contributed by atoms with Gasteiger partial charge < -0.3 is 0 Å². The van der Waals surface area contributed by atoms with Crippen LogP contribution in [0.2, 0.25) is 0 Å². The Bertz CT molecular complexity index is 295.